The van der Waals surface area contributed by atoms with E-state index in [0.717, 1.165) is 23.4 Å². The number of hydrogen-bond acceptors (Lipinski definition) is 3. The third kappa shape index (κ3) is 4.88. The predicted molar refractivity (Wildman–Crippen MR) is 86.0 cm³/mol. The standard InChI is InChI=1S/C16H25F3N4O/c1-10-14(11(2)24-23-10)8-9-21-15(20-3)22-13-6-4-12(5-7-13)16(17,18)19/h12-13H,4-9H2,1-3H3,(H2,20,21,22). The van der Waals surface area contributed by atoms with Crippen LogP contribution >= 0.6 is 0 Å². The van der Waals surface area contributed by atoms with Crippen LogP contribution in [0.25, 0.3) is 0 Å². The number of rotatable bonds is 4. The van der Waals surface area contributed by atoms with Crippen LogP contribution in [-0.4, -0.2) is 36.9 Å². The van der Waals surface area contributed by atoms with E-state index in [1.807, 2.05) is 13.8 Å². The molecule has 0 unspecified atom stereocenters. The zero-order valence-electron chi connectivity index (χ0n) is 14.3. The minimum Gasteiger partial charge on any atom is -0.361 e. The van der Waals surface area contributed by atoms with Gasteiger partial charge in [-0.1, -0.05) is 5.16 Å². The summed E-state index contributed by atoms with van der Waals surface area (Å²) in [4.78, 5) is 4.15. The van der Waals surface area contributed by atoms with Crippen LogP contribution in [0.5, 0.6) is 0 Å². The van der Waals surface area contributed by atoms with Crippen molar-refractivity contribution in [3.8, 4) is 0 Å². The molecule has 0 radical (unpaired) electrons. The number of aryl methyl sites for hydroxylation is 2. The minimum absolute atomic E-state index is 0.0360. The van der Waals surface area contributed by atoms with Crippen LogP contribution in [0.3, 0.4) is 0 Å². The third-order valence-electron chi connectivity index (χ3n) is 4.60. The molecular formula is C16H25F3N4O. The van der Waals surface area contributed by atoms with Crippen LogP contribution in [0.2, 0.25) is 0 Å². The fourth-order valence-electron chi connectivity index (χ4n) is 3.12. The number of alkyl halides is 3. The van der Waals surface area contributed by atoms with Crippen molar-refractivity contribution in [2.24, 2.45) is 10.9 Å². The summed E-state index contributed by atoms with van der Waals surface area (Å²) in [5.41, 5.74) is 1.95. The van der Waals surface area contributed by atoms with E-state index in [1.54, 1.807) is 7.05 Å². The molecule has 136 valence electrons. The van der Waals surface area contributed by atoms with Gasteiger partial charge in [0.2, 0.25) is 0 Å². The molecule has 24 heavy (non-hydrogen) atoms. The van der Waals surface area contributed by atoms with Gasteiger partial charge in [0.05, 0.1) is 11.6 Å². The maximum atomic E-state index is 12.7. The van der Waals surface area contributed by atoms with Gasteiger partial charge in [-0.05, 0) is 46.0 Å². The highest BCUT2D eigenvalue weighted by Crippen LogP contribution is 2.37. The molecule has 0 amide bonds. The molecule has 0 aliphatic heterocycles. The highest BCUT2D eigenvalue weighted by atomic mass is 19.4. The fraction of sp³-hybridized carbons (Fsp3) is 0.750. The summed E-state index contributed by atoms with van der Waals surface area (Å²) in [6, 6.07) is 0.0360. The number of aromatic nitrogens is 1. The van der Waals surface area contributed by atoms with E-state index in [0.29, 0.717) is 25.3 Å². The molecular weight excluding hydrogens is 321 g/mol. The van der Waals surface area contributed by atoms with Gasteiger partial charge in [-0.3, -0.25) is 4.99 Å². The molecule has 8 heteroatoms. The zero-order chi connectivity index (χ0) is 17.7. The highest BCUT2D eigenvalue weighted by molar-refractivity contribution is 5.79. The van der Waals surface area contributed by atoms with Crippen LogP contribution < -0.4 is 10.6 Å². The lowest BCUT2D eigenvalue weighted by atomic mass is 9.85. The van der Waals surface area contributed by atoms with Crippen molar-refractivity contribution in [3.63, 3.8) is 0 Å². The first kappa shape index (κ1) is 18.6. The Kier molecular flexibility index (Phi) is 6.12. The molecule has 0 spiro atoms. The molecule has 0 saturated heterocycles. The lowest BCUT2D eigenvalue weighted by molar-refractivity contribution is -0.182. The van der Waals surface area contributed by atoms with Crippen molar-refractivity contribution in [1.29, 1.82) is 0 Å². The lowest BCUT2D eigenvalue weighted by Gasteiger charge is -2.31. The average molecular weight is 346 g/mol. The van der Waals surface area contributed by atoms with Crippen LogP contribution in [-0.2, 0) is 6.42 Å². The second-order valence-corrected chi connectivity index (χ2v) is 6.29. The maximum Gasteiger partial charge on any atom is 0.391 e. The quantitative estimate of drug-likeness (QED) is 0.649. The maximum absolute atomic E-state index is 12.7. The van der Waals surface area contributed by atoms with Gasteiger partial charge >= 0.3 is 6.18 Å². The number of halogens is 3. The van der Waals surface area contributed by atoms with Gasteiger partial charge < -0.3 is 15.2 Å². The summed E-state index contributed by atoms with van der Waals surface area (Å²) < 4.78 is 43.2. The monoisotopic (exact) mass is 346 g/mol. The number of guanidine groups is 1. The van der Waals surface area contributed by atoms with Crippen LogP contribution in [0, 0.1) is 19.8 Å². The van der Waals surface area contributed by atoms with Gasteiger partial charge in [-0.15, -0.1) is 0 Å². The van der Waals surface area contributed by atoms with E-state index in [4.69, 9.17) is 4.52 Å². The van der Waals surface area contributed by atoms with Crippen LogP contribution in [0.4, 0.5) is 13.2 Å². The van der Waals surface area contributed by atoms with Gasteiger partial charge in [0.15, 0.2) is 5.96 Å². The molecule has 1 aliphatic rings. The lowest BCUT2D eigenvalue weighted by Crippen LogP contribution is -2.46. The molecule has 0 atom stereocenters. The Bertz CT molecular complexity index is 541. The topological polar surface area (TPSA) is 62.5 Å². The summed E-state index contributed by atoms with van der Waals surface area (Å²) in [6.45, 7) is 4.43. The number of nitrogens with one attached hydrogen (secondary N) is 2. The molecule has 5 nitrogen and oxygen atoms in total. The molecule has 0 aromatic carbocycles. The summed E-state index contributed by atoms with van der Waals surface area (Å²) in [6.07, 6.45) is -1.94. The Morgan fingerprint density at radius 3 is 2.42 bits per heavy atom. The van der Waals surface area contributed by atoms with Crippen molar-refractivity contribution in [2.75, 3.05) is 13.6 Å². The summed E-state index contributed by atoms with van der Waals surface area (Å²) >= 11 is 0. The van der Waals surface area contributed by atoms with Crippen molar-refractivity contribution >= 4 is 5.96 Å². The van der Waals surface area contributed by atoms with Crippen molar-refractivity contribution in [1.82, 2.24) is 15.8 Å². The van der Waals surface area contributed by atoms with Crippen molar-refractivity contribution in [3.05, 3.63) is 17.0 Å². The molecule has 2 rings (SSSR count). The molecule has 1 aliphatic carbocycles. The van der Waals surface area contributed by atoms with Gasteiger partial charge in [0, 0.05) is 25.2 Å². The molecule has 1 saturated carbocycles. The van der Waals surface area contributed by atoms with Gasteiger partial charge in [-0.25, -0.2) is 0 Å². The predicted octanol–water partition coefficient (Wildman–Crippen LogP) is 3.12. The summed E-state index contributed by atoms with van der Waals surface area (Å²) in [5.74, 6) is 0.269. The van der Waals surface area contributed by atoms with E-state index in [-0.39, 0.29) is 18.9 Å². The molecule has 1 fully saturated rings. The van der Waals surface area contributed by atoms with Gasteiger partial charge in [0.25, 0.3) is 0 Å². The Morgan fingerprint density at radius 2 is 1.92 bits per heavy atom. The molecule has 1 heterocycles. The van der Waals surface area contributed by atoms with E-state index in [2.05, 4.69) is 20.8 Å². The van der Waals surface area contributed by atoms with Crippen molar-refractivity contribution < 1.29 is 17.7 Å². The largest absolute Gasteiger partial charge is 0.391 e. The molecule has 1 aromatic heterocycles. The van der Waals surface area contributed by atoms with E-state index in [1.165, 1.54) is 0 Å². The van der Waals surface area contributed by atoms with Gasteiger partial charge in [0.1, 0.15) is 5.76 Å². The Labute approximate surface area is 140 Å². The smallest absolute Gasteiger partial charge is 0.361 e. The molecule has 2 N–H and O–H groups in total. The fourth-order valence-corrected chi connectivity index (χ4v) is 3.12. The summed E-state index contributed by atoms with van der Waals surface area (Å²) in [7, 11) is 1.66. The van der Waals surface area contributed by atoms with Crippen LogP contribution in [0.1, 0.15) is 42.7 Å². The first-order valence-electron chi connectivity index (χ1n) is 8.27. The Hall–Kier alpha value is -1.73. The second kappa shape index (κ2) is 7.90. The Morgan fingerprint density at radius 1 is 1.25 bits per heavy atom. The highest BCUT2D eigenvalue weighted by Gasteiger charge is 2.41. The number of nitrogens with zero attached hydrogens (tertiary/aromatic N) is 2. The van der Waals surface area contributed by atoms with Gasteiger partial charge in [-0.2, -0.15) is 13.2 Å². The zero-order valence-corrected chi connectivity index (χ0v) is 14.3. The number of hydrogen-bond donors (Lipinski definition) is 2. The Balaban J connectivity index is 1.75. The third-order valence-corrected chi connectivity index (χ3v) is 4.60. The molecule has 0 bridgehead atoms. The first-order valence-corrected chi connectivity index (χ1v) is 8.27. The average Bonchev–Trinajstić information content (AvgIpc) is 2.85. The SMILES string of the molecule is CN=C(NCCc1c(C)noc1C)NC1CCC(C(F)(F)F)CC1. The summed E-state index contributed by atoms with van der Waals surface area (Å²) in [5, 5.41) is 10.3. The van der Waals surface area contributed by atoms with E-state index in [9.17, 15) is 13.2 Å². The number of aliphatic imine (C=N–C) groups is 1. The van der Waals surface area contributed by atoms with E-state index >= 15 is 0 Å². The van der Waals surface area contributed by atoms with Crippen molar-refractivity contribution in [2.45, 2.75) is 58.2 Å². The first-order chi connectivity index (χ1) is 11.3. The van der Waals surface area contributed by atoms with Crippen LogP contribution in [0.15, 0.2) is 9.52 Å². The van der Waals surface area contributed by atoms with E-state index < -0.39 is 12.1 Å². The normalized spacial score (nSPS) is 22.5. The molecule has 1 aromatic rings. The minimum atomic E-state index is -4.07. The second-order valence-electron chi connectivity index (χ2n) is 6.29.